The van der Waals surface area contributed by atoms with Crippen LogP contribution in [-0.2, 0) is 4.79 Å². The first-order valence-corrected chi connectivity index (χ1v) is 8.26. The molecule has 0 spiro atoms. The maximum absolute atomic E-state index is 12.1. The van der Waals surface area contributed by atoms with Gasteiger partial charge in [0.2, 0.25) is 5.91 Å². The molecule has 1 atom stereocenters. The van der Waals surface area contributed by atoms with Crippen LogP contribution >= 0.6 is 11.8 Å². The van der Waals surface area contributed by atoms with Gasteiger partial charge in [0.25, 0.3) is 0 Å². The van der Waals surface area contributed by atoms with Gasteiger partial charge in [0, 0.05) is 30.0 Å². The lowest BCUT2D eigenvalue weighted by Crippen LogP contribution is -2.34. The quantitative estimate of drug-likeness (QED) is 0.824. The Kier molecular flexibility index (Phi) is 3.83. The van der Waals surface area contributed by atoms with Crippen LogP contribution in [-0.4, -0.2) is 29.6 Å². The molecule has 1 saturated heterocycles. The van der Waals surface area contributed by atoms with Crippen molar-refractivity contribution >= 4 is 17.7 Å². The Morgan fingerprint density at radius 3 is 2.74 bits per heavy atom. The predicted octanol–water partition coefficient (Wildman–Crippen LogP) is 3.41. The average Bonchev–Trinajstić information content (AvgIpc) is 3.25. The fourth-order valence-electron chi connectivity index (χ4n) is 2.78. The molecule has 0 aromatic heterocycles. The molecule has 3 heteroatoms. The van der Waals surface area contributed by atoms with Crippen LogP contribution in [0.2, 0.25) is 0 Å². The lowest BCUT2D eigenvalue weighted by atomic mass is 10.0. The number of hydrogen-bond acceptors (Lipinski definition) is 2. The second kappa shape index (κ2) is 5.58. The van der Waals surface area contributed by atoms with E-state index in [1.165, 1.54) is 11.1 Å². The van der Waals surface area contributed by atoms with Gasteiger partial charge in [-0.2, -0.15) is 11.8 Å². The SMILES string of the molecule is Cc1ccccc1C1CCN(C(=O)C2CC2)CCS1. The van der Waals surface area contributed by atoms with E-state index in [9.17, 15) is 4.79 Å². The molecular weight excluding hydrogens is 254 g/mol. The van der Waals surface area contributed by atoms with E-state index in [1.807, 2.05) is 11.8 Å². The minimum atomic E-state index is 0.361. The van der Waals surface area contributed by atoms with E-state index in [0.717, 1.165) is 38.1 Å². The maximum Gasteiger partial charge on any atom is 0.225 e. The third-order valence-corrected chi connectivity index (χ3v) is 5.43. The Labute approximate surface area is 119 Å². The lowest BCUT2D eigenvalue weighted by Gasteiger charge is -2.20. The molecule has 2 fully saturated rings. The third-order valence-electron chi connectivity index (χ3n) is 4.12. The Morgan fingerprint density at radius 1 is 1.21 bits per heavy atom. The zero-order valence-electron chi connectivity index (χ0n) is 11.5. The van der Waals surface area contributed by atoms with Gasteiger partial charge in [0.1, 0.15) is 0 Å². The smallest absolute Gasteiger partial charge is 0.225 e. The second-order valence-corrected chi connectivity index (χ2v) is 6.91. The summed E-state index contributed by atoms with van der Waals surface area (Å²) < 4.78 is 0. The van der Waals surface area contributed by atoms with Crippen LogP contribution in [0.3, 0.4) is 0 Å². The summed E-state index contributed by atoms with van der Waals surface area (Å²) in [5, 5.41) is 0.554. The van der Waals surface area contributed by atoms with Gasteiger partial charge in [0.15, 0.2) is 0 Å². The fourth-order valence-corrected chi connectivity index (χ4v) is 4.10. The summed E-state index contributed by atoms with van der Waals surface area (Å²) in [6.45, 7) is 4.05. The summed E-state index contributed by atoms with van der Waals surface area (Å²) in [6.07, 6.45) is 3.32. The molecule has 1 aliphatic heterocycles. The van der Waals surface area contributed by atoms with Crippen LogP contribution < -0.4 is 0 Å². The van der Waals surface area contributed by atoms with Crippen molar-refractivity contribution < 1.29 is 4.79 Å². The highest BCUT2D eigenvalue weighted by Crippen LogP contribution is 2.37. The van der Waals surface area contributed by atoms with Gasteiger partial charge in [-0.1, -0.05) is 24.3 Å². The fraction of sp³-hybridized carbons (Fsp3) is 0.562. The molecule has 1 heterocycles. The maximum atomic E-state index is 12.1. The summed E-state index contributed by atoms with van der Waals surface area (Å²) in [5.74, 6) is 1.84. The molecule has 0 N–H and O–H groups in total. The summed E-state index contributed by atoms with van der Waals surface area (Å²) in [5.41, 5.74) is 2.83. The van der Waals surface area contributed by atoms with E-state index in [4.69, 9.17) is 0 Å². The molecule has 1 unspecified atom stereocenters. The molecule has 2 aliphatic rings. The standard InChI is InChI=1S/C16H21NOS/c1-12-4-2-3-5-14(12)15-8-9-17(10-11-19-15)16(18)13-6-7-13/h2-5,13,15H,6-11H2,1H3. The predicted molar refractivity (Wildman–Crippen MR) is 80.3 cm³/mol. The number of carbonyl (C=O) groups is 1. The normalized spacial score (nSPS) is 24.1. The van der Waals surface area contributed by atoms with E-state index < -0.39 is 0 Å². The molecule has 2 nitrogen and oxygen atoms in total. The molecule has 0 bridgehead atoms. The van der Waals surface area contributed by atoms with E-state index in [2.05, 4.69) is 36.1 Å². The van der Waals surface area contributed by atoms with Gasteiger partial charge in [-0.3, -0.25) is 4.79 Å². The van der Waals surface area contributed by atoms with Gasteiger partial charge in [0.05, 0.1) is 0 Å². The van der Waals surface area contributed by atoms with Crippen LogP contribution in [0.15, 0.2) is 24.3 Å². The summed E-state index contributed by atoms with van der Waals surface area (Å²) in [4.78, 5) is 14.2. The summed E-state index contributed by atoms with van der Waals surface area (Å²) in [7, 11) is 0. The van der Waals surface area contributed by atoms with E-state index in [1.54, 1.807) is 0 Å². The number of carbonyl (C=O) groups excluding carboxylic acids is 1. The summed E-state index contributed by atoms with van der Waals surface area (Å²) in [6, 6.07) is 8.66. The van der Waals surface area contributed by atoms with E-state index >= 15 is 0 Å². The van der Waals surface area contributed by atoms with E-state index in [-0.39, 0.29) is 0 Å². The third kappa shape index (κ3) is 2.97. The number of aryl methyl sites for hydroxylation is 1. The monoisotopic (exact) mass is 275 g/mol. The van der Waals surface area contributed by atoms with Gasteiger partial charge in [-0.05, 0) is 37.3 Å². The van der Waals surface area contributed by atoms with E-state index in [0.29, 0.717) is 17.1 Å². The molecule has 1 aromatic carbocycles. The first-order valence-electron chi connectivity index (χ1n) is 7.21. The van der Waals surface area contributed by atoms with Crippen LogP contribution in [0.4, 0.5) is 0 Å². The van der Waals surface area contributed by atoms with Crippen molar-refractivity contribution in [1.82, 2.24) is 4.90 Å². The van der Waals surface area contributed by atoms with Crippen molar-refractivity contribution in [2.24, 2.45) is 5.92 Å². The Bertz CT molecular complexity index is 470. The Balaban J connectivity index is 1.67. The van der Waals surface area contributed by atoms with Crippen LogP contribution in [0.5, 0.6) is 0 Å². The molecule has 1 amide bonds. The molecule has 1 saturated carbocycles. The molecule has 1 aliphatic carbocycles. The first-order chi connectivity index (χ1) is 9.25. The molecule has 1 aromatic rings. The van der Waals surface area contributed by atoms with Gasteiger partial charge in [-0.25, -0.2) is 0 Å². The number of amides is 1. The molecular formula is C16H21NOS. The highest BCUT2D eigenvalue weighted by Gasteiger charge is 2.34. The van der Waals surface area contributed by atoms with Gasteiger partial charge < -0.3 is 4.90 Å². The number of thioether (sulfide) groups is 1. The van der Waals surface area contributed by atoms with Crippen molar-refractivity contribution in [3.05, 3.63) is 35.4 Å². The minimum absolute atomic E-state index is 0.361. The van der Waals surface area contributed by atoms with Crippen LogP contribution in [0.1, 0.15) is 35.6 Å². The number of nitrogens with zero attached hydrogens (tertiary/aromatic N) is 1. The van der Waals surface area contributed by atoms with Crippen LogP contribution in [0, 0.1) is 12.8 Å². The number of benzene rings is 1. The lowest BCUT2D eigenvalue weighted by molar-refractivity contribution is -0.132. The molecule has 19 heavy (non-hydrogen) atoms. The van der Waals surface area contributed by atoms with Crippen molar-refractivity contribution in [3.63, 3.8) is 0 Å². The molecule has 0 radical (unpaired) electrons. The zero-order valence-corrected chi connectivity index (χ0v) is 12.3. The topological polar surface area (TPSA) is 20.3 Å². The summed E-state index contributed by atoms with van der Waals surface area (Å²) >= 11 is 2.01. The van der Waals surface area contributed by atoms with Crippen LogP contribution in [0.25, 0.3) is 0 Å². The molecule has 102 valence electrons. The Morgan fingerprint density at radius 2 is 2.00 bits per heavy atom. The minimum Gasteiger partial charge on any atom is -0.342 e. The largest absolute Gasteiger partial charge is 0.342 e. The number of hydrogen-bond donors (Lipinski definition) is 0. The first kappa shape index (κ1) is 13.0. The zero-order chi connectivity index (χ0) is 13.2. The highest BCUT2D eigenvalue weighted by molar-refractivity contribution is 7.99. The van der Waals surface area contributed by atoms with Gasteiger partial charge in [-0.15, -0.1) is 0 Å². The average molecular weight is 275 g/mol. The highest BCUT2D eigenvalue weighted by atomic mass is 32.2. The number of rotatable bonds is 2. The van der Waals surface area contributed by atoms with Crippen molar-refractivity contribution in [2.45, 2.75) is 31.4 Å². The van der Waals surface area contributed by atoms with Crippen molar-refractivity contribution in [3.8, 4) is 0 Å². The van der Waals surface area contributed by atoms with Crippen molar-refractivity contribution in [2.75, 3.05) is 18.8 Å². The van der Waals surface area contributed by atoms with Gasteiger partial charge >= 0.3 is 0 Å². The van der Waals surface area contributed by atoms with Crippen molar-refractivity contribution in [1.29, 1.82) is 0 Å². The second-order valence-electron chi connectivity index (χ2n) is 5.60. The molecule has 3 rings (SSSR count). The Hall–Kier alpha value is -0.960.